The van der Waals surface area contributed by atoms with Gasteiger partial charge < -0.3 is 5.73 Å². The van der Waals surface area contributed by atoms with Gasteiger partial charge in [-0.1, -0.05) is 41.1 Å². The van der Waals surface area contributed by atoms with E-state index in [1.54, 1.807) is 0 Å². The van der Waals surface area contributed by atoms with E-state index in [0.717, 1.165) is 16.5 Å². The van der Waals surface area contributed by atoms with Crippen LogP contribution in [0.3, 0.4) is 0 Å². The molecular weight excluding hydrogens is 240 g/mol. The van der Waals surface area contributed by atoms with Crippen LogP contribution < -0.4 is 5.73 Å². The lowest BCUT2D eigenvalue weighted by Gasteiger charge is -2.17. The Hall–Kier alpha value is -0.850. The smallest absolute Gasteiger partial charge is 0.0675 e. The van der Waals surface area contributed by atoms with Gasteiger partial charge in [0.05, 0.1) is 12.0 Å². The van der Waals surface area contributed by atoms with Crippen LogP contribution in [0.5, 0.6) is 0 Å². The molecule has 0 amide bonds. The average molecular weight is 253 g/mol. The van der Waals surface area contributed by atoms with E-state index >= 15 is 0 Å². The third-order valence-electron chi connectivity index (χ3n) is 2.30. The van der Waals surface area contributed by atoms with Gasteiger partial charge in [-0.15, -0.1) is 0 Å². The van der Waals surface area contributed by atoms with Gasteiger partial charge in [0, 0.05) is 10.5 Å². The van der Waals surface area contributed by atoms with E-state index < -0.39 is 0 Å². The normalized spacial score (nSPS) is 14.4. The van der Waals surface area contributed by atoms with Crippen LogP contribution in [0.2, 0.25) is 0 Å². The molecule has 0 fully saturated rings. The Balaban J connectivity index is 2.95. The summed E-state index contributed by atoms with van der Waals surface area (Å²) in [5.74, 6) is -0.117. The average Bonchev–Trinajstić information content (AvgIpc) is 2.20. The third-order valence-corrected chi connectivity index (χ3v) is 3.03. The summed E-state index contributed by atoms with van der Waals surface area (Å²) in [5.41, 5.74) is 7.01. The number of nitrogens with zero attached hydrogens (tertiary/aromatic N) is 1. The first kappa shape index (κ1) is 11.2. The quantitative estimate of drug-likeness (QED) is 0.900. The molecule has 1 aromatic rings. The second kappa shape index (κ2) is 5.14. The van der Waals surface area contributed by atoms with Gasteiger partial charge in [-0.3, -0.25) is 0 Å². The van der Waals surface area contributed by atoms with Crippen LogP contribution in [0.4, 0.5) is 0 Å². The van der Waals surface area contributed by atoms with Gasteiger partial charge in [-0.05, 0) is 18.1 Å². The highest BCUT2D eigenvalue weighted by atomic mass is 79.9. The van der Waals surface area contributed by atoms with Gasteiger partial charge >= 0.3 is 0 Å². The number of benzene rings is 1. The molecule has 3 heteroatoms. The van der Waals surface area contributed by atoms with Crippen LogP contribution in [0.15, 0.2) is 28.7 Å². The fourth-order valence-electron chi connectivity index (χ4n) is 1.39. The number of hydrogen-bond acceptors (Lipinski definition) is 2. The molecule has 0 radical (unpaired) electrons. The minimum absolute atomic E-state index is 0.117. The van der Waals surface area contributed by atoms with E-state index in [1.807, 2.05) is 31.2 Å². The van der Waals surface area contributed by atoms with Crippen LogP contribution >= 0.6 is 15.9 Å². The molecular formula is C11H13BrN2. The molecule has 0 bridgehead atoms. The summed E-state index contributed by atoms with van der Waals surface area (Å²) in [7, 11) is 0. The van der Waals surface area contributed by atoms with Crippen molar-refractivity contribution in [3.63, 3.8) is 0 Å². The van der Waals surface area contributed by atoms with Crippen molar-refractivity contribution >= 4 is 15.9 Å². The minimum Gasteiger partial charge on any atom is -0.323 e. The zero-order valence-corrected chi connectivity index (χ0v) is 9.66. The summed E-state index contributed by atoms with van der Waals surface area (Å²) in [6, 6.07) is 9.79. The van der Waals surface area contributed by atoms with Crippen LogP contribution in [0.1, 0.15) is 24.9 Å². The molecule has 1 rings (SSSR count). The Morgan fingerprint density at radius 2 is 2.14 bits per heavy atom. The monoisotopic (exact) mass is 252 g/mol. The molecule has 14 heavy (non-hydrogen) atoms. The summed E-state index contributed by atoms with van der Waals surface area (Å²) < 4.78 is 0.973. The third kappa shape index (κ3) is 2.34. The summed E-state index contributed by atoms with van der Waals surface area (Å²) in [6.45, 7) is 1.98. The van der Waals surface area contributed by atoms with E-state index in [9.17, 15) is 0 Å². The highest BCUT2D eigenvalue weighted by Crippen LogP contribution is 2.27. The molecule has 1 aromatic carbocycles. The molecule has 74 valence electrons. The Bertz CT molecular complexity index is 343. The van der Waals surface area contributed by atoms with E-state index in [1.165, 1.54) is 0 Å². The molecule has 2 N–H and O–H groups in total. The van der Waals surface area contributed by atoms with Crippen LogP contribution in [0, 0.1) is 17.2 Å². The Morgan fingerprint density at radius 1 is 1.50 bits per heavy atom. The van der Waals surface area contributed by atoms with Crippen molar-refractivity contribution in [2.45, 2.75) is 19.4 Å². The number of halogens is 1. The fraction of sp³-hybridized carbons (Fsp3) is 0.364. The SMILES string of the molecule is CCC(C#N)C(N)c1ccccc1Br. The van der Waals surface area contributed by atoms with Crippen LogP contribution in [-0.2, 0) is 0 Å². The topological polar surface area (TPSA) is 49.8 Å². The van der Waals surface area contributed by atoms with Crippen molar-refractivity contribution in [3.05, 3.63) is 34.3 Å². The molecule has 2 unspecified atom stereocenters. The predicted molar refractivity (Wildman–Crippen MR) is 60.5 cm³/mol. The minimum atomic E-state index is -0.208. The van der Waals surface area contributed by atoms with Crippen molar-refractivity contribution in [1.29, 1.82) is 5.26 Å². The molecule has 0 saturated carbocycles. The van der Waals surface area contributed by atoms with Crippen molar-refractivity contribution in [2.24, 2.45) is 11.7 Å². The maximum Gasteiger partial charge on any atom is 0.0675 e. The first-order valence-electron chi connectivity index (χ1n) is 4.60. The van der Waals surface area contributed by atoms with E-state index in [0.29, 0.717) is 0 Å². The molecule has 0 aliphatic carbocycles. The summed E-state index contributed by atoms with van der Waals surface area (Å²) in [6.07, 6.45) is 0.777. The van der Waals surface area contributed by atoms with Gasteiger partial charge in [0.1, 0.15) is 0 Å². The first-order valence-corrected chi connectivity index (χ1v) is 5.39. The second-order valence-corrected chi connectivity index (χ2v) is 4.05. The zero-order valence-electron chi connectivity index (χ0n) is 8.07. The molecule has 0 aromatic heterocycles. The highest BCUT2D eigenvalue weighted by molar-refractivity contribution is 9.10. The van der Waals surface area contributed by atoms with Gasteiger partial charge in [0.15, 0.2) is 0 Å². The number of hydrogen-bond donors (Lipinski definition) is 1. The summed E-state index contributed by atoms with van der Waals surface area (Å²) in [4.78, 5) is 0. The number of nitriles is 1. The van der Waals surface area contributed by atoms with Crippen molar-refractivity contribution in [3.8, 4) is 6.07 Å². The molecule has 2 atom stereocenters. The Labute approximate surface area is 92.9 Å². The zero-order chi connectivity index (χ0) is 10.6. The molecule has 0 aliphatic rings. The lowest BCUT2D eigenvalue weighted by Crippen LogP contribution is -2.20. The van der Waals surface area contributed by atoms with Crippen LogP contribution in [-0.4, -0.2) is 0 Å². The van der Waals surface area contributed by atoms with Crippen molar-refractivity contribution in [1.82, 2.24) is 0 Å². The van der Waals surface area contributed by atoms with Crippen molar-refractivity contribution < 1.29 is 0 Å². The molecule has 0 saturated heterocycles. The largest absolute Gasteiger partial charge is 0.323 e. The predicted octanol–water partition coefficient (Wildman–Crippen LogP) is 3.00. The Morgan fingerprint density at radius 3 is 2.64 bits per heavy atom. The maximum absolute atomic E-state index is 8.90. The second-order valence-electron chi connectivity index (χ2n) is 3.19. The van der Waals surface area contributed by atoms with E-state index in [-0.39, 0.29) is 12.0 Å². The molecule has 0 aliphatic heterocycles. The maximum atomic E-state index is 8.90. The first-order chi connectivity index (χ1) is 6.70. The van der Waals surface area contributed by atoms with Gasteiger partial charge in [-0.2, -0.15) is 5.26 Å². The van der Waals surface area contributed by atoms with Gasteiger partial charge in [-0.25, -0.2) is 0 Å². The van der Waals surface area contributed by atoms with Gasteiger partial charge in [0.25, 0.3) is 0 Å². The standard InChI is InChI=1S/C11H13BrN2/c1-2-8(7-13)11(14)9-5-3-4-6-10(9)12/h3-6,8,11H,2,14H2,1H3. The Kier molecular flexibility index (Phi) is 4.12. The lowest BCUT2D eigenvalue weighted by molar-refractivity contribution is 0.516. The molecule has 2 nitrogen and oxygen atoms in total. The number of rotatable bonds is 3. The summed E-state index contributed by atoms with van der Waals surface area (Å²) >= 11 is 3.43. The van der Waals surface area contributed by atoms with Crippen molar-refractivity contribution in [2.75, 3.05) is 0 Å². The van der Waals surface area contributed by atoms with Gasteiger partial charge in [0.2, 0.25) is 0 Å². The lowest BCUT2D eigenvalue weighted by atomic mass is 9.93. The van der Waals surface area contributed by atoms with E-state index in [2.05, 4.69) is 22.0 Å². The fourth-order valence-corrected chi connectivity index (χ4v) is 1.94. The summed E-state index contributed by atoms with van der Waals surface area (Å²) in [5, 5.41) is 8.90. The number of nitrogens with two attached hydrogens (primary N) is 1. The highest BCUT2D eigenvalue weighted by Gasteiger charge is 2.18. The van der Waals surface area contributed by atoms with Crippen LogP contribution in [0.25, 0.3) is 0 Å². The molecule has 0 heterocycles. The molecule has 0 spiro atoms. The van der Waals surface area contributed by atoms with E-state index in [4.69, 9.17) is 11.0 Å².